The van der Waals surface area contributed by atoms with Crippen molar-refractivity contribution in [2.75, 3.05) is 18.9 Å². The number of carboxylic acids is 1. The molecule has 0 aromatic carbocycles. The molecule has 21 heavy (non-hydrogen) atoms. The fraction of sp³-hybridized carbons (Fsp3) is 0.583. The lowest BCUT2D eigenvalue weighted by atomic mass is 9.85. The monoisotopic (exact) mass is 317 g/mol. The van der Waals surface area contributed by atoms with E-state index in [1.807, 2.05) is 0 Å². The minimum absolute atomic E-state index is 0. The minimum Gasteiger partial charge on any atom is -0.477 e. The Kier molecular flexibility index (Phi) is 6.19. The second-order valence-corrected chi connectivity index (χ2v) is 5.77. The van der Waals surface area contributed by atoms with Crippen molar-refractivity contribution < 1.29 is 25.3 Å². The number of carbonyl (C=O) groups excluding carboxylic acids is 1. The number of hydrogen-bond donors (Lipinski definition) is 3. The van der Waals surface area contributed by atoms with Crippen LogP contribution in [0.1, 0.15) is 12.8 Å². The van der Waals surface area contributed by atoms with E-state index in [0.29, 0.717) is 30.0 Å². The van der Waals surface area contributed by atoms with E-state index in [-0.39, 0.29) is 35.6 Å². The van der Waals surface area contributed by atoms with Crippen molar-refractivity contribution in [2.45, 2.75) is 18.9 Å². The quantitative estimate of drug-likeness (QED) is 0.232. The van der Waals surface area contributed by atoms with Gasteiger partial charge in [-0.1, -0.05) is 0 Å². The number of aliphatic carboxylic acids is 1. The van der Waals surface area contributed by atoms with Crippen LogP contribution in [0.2, 0.25) is 0 Å². The minimum atomic E-state index is -1.08. The van der Waals surface area contributed by atoms with E-state index < -0.39 is 5.97 Å². The van der Waals surface area contributed by atoms with Crippen molar-refractivity contribution in [3.05, 3.63) is 10.6 Å². The summed E-state index contributed by atoms with van der Waals surface area (Å²) in [4.78, 5) is 29.2. The summed E-state index contributed by atoms with van der Waals surface area (Å²) in [7, 11) is 0. The Morgan fingerprint density at radius 2 is 2.29 bits per heavy atom. The van der Waals surface area contributed by atoms with Crippen LogP contribution in [0.25, 0.3) is 0 Å². The molecular formula is C12H19N3O5S. The molecule has 0 aromatic rings. The van der Waals surface area contributed by atoms with Gasteiger partial charge in [0.15, 0.2) is 0 Å². The first kappa shape index (κ1) is 17.5. The van der Waals surface area contributed by atoms with Crippen LogP contribution in [-0.2, 0) is 9.59 Å². The predicted molar refractivity (Wildman–Crippen MR) is 78.7 cm³/mol. The third kappa shape index (κ3) is 3.20. The number of thioether (sulfide) groups is 1. The van der Waals surface area contributed by atoms with Gasteiger partial charge in [-0.25, -0.2) is 4.79 Å². The van der Waals surface area contributed by atoms with Gasteiger partial charge in [-0.3, -0.25) is 9.79 Å². The van der Waals surface area contributed by atoms with Crippen LogP contribution in [0.15, 0.2) is 15.6 Å². The number of rotatable bonds is 7. The van der Waals surface area contributed by atoms with Gasteiger partial charge in [0.25, 0.3) is 0 Å². The summed E-state index contributed by atoms with van der Waals surface area (Å²) in [5.74, 6) is -0.904. The highest BCUT2D eigenvalue weighted by atomic mass is 32.2. The van der Waals surface area contributed by atoms with Crippen LogP contribution in [0.3, 0.4) is 0 Å². The van der Waals surface area contributed by atoms with Crippen molar-refractivity contribution in [3.8, 4) is 0 Å². The molecule has 2 heterocycles. The first-order chi connectivity index (χ1) is 9.61. The van der Waals surface area contributed by atoms with Gasteiger partial charge in [0.05, 0.1) is 24.8 Å². The molecule has 0 bridgehead atoms. The maximum absolute atomic E-state index is 11.9. The Morgan fingerprint density at radius 1 is 1.57 bits per heavy atom. The Labute approximate surface area is 126 Å². The Balaban J connectivity index is 0.00000220. The molecule has 2 atom stereocenters. The fourth-order valence-electron chi connectivity index (χ4n) is 2.64. The predicted octanol–water partition coefficient (Wildman–Crippen LogP) is -1.21. The van der Waals surface area contributed by atoms with Crippen molar-refractivity contribution in [1.29, 1.82) is 0 Å². The van der Waals surface area contributed by atoms with Crippen LogP contribution < -0.4 is 5.73 Å². The first-order valence-corrected chi connectivity index (χ1v) is 7.33. The molecule has 1 fully saturated rings. The summed E-state index contributed by atoms with van der Waals surface area (Å²) in [6.07, 6.45) is 2.16. The molecule has 6 N–H and O–H groups in total. The lowest BCUT2D eigenvalue weighted by Gasteiger charge is -2.43. The van der Waals surface area contributed by atoms with E-state index in [9.17, 15) is 14.7 Å². The maximum atomic E-state index is 11.9. The van der Waals surface area contributed by atoms with Gasteiger partial charge >= 0.3 is 5.97 Å². The third-order valence-electron chi connectivity index (χ3n) is 3.50. The molecule has 2 aliphatic rings. The van der Waals surface area contributed by atoms with Crippen molar-refractivity contribution >= 4 is 30.0 Å². The third-order valence-corrected chi connectivity index (χ3v) is 4.59. The molecule has 9 heteroatoms. The van der Waals surface area contributed by atoms with Gasteiger partial charge < -0.3 is 26.3 Å². The largest absolute Gasteiger partial charge is 0.477 e. The van der Waals surface area contributed by atoms with E-state index in [2.05, 4.69) is 4.99 Å². The van der Waals surface area contributed by atoms with Gasteiger partial charge in [0, 0.05) is 23.7 Å². The van der Waals surface area contributed by atoms with Gasteiger partial charge in [-0.05, 0) is 6.42 Å². The van der Waals surface area contributed by atoms with Gasteiger partial charge in [-0.2, -0.15) is 0 Å². The number of carbonyl (C=O) groups is 2. The average molecular weight is 317 g/mol. The molecule has 0 saturated carbocycles. The molecule has 0 spiro atoms. The molecule has 8 nitrogen and oxygen atoms in total. The topological polar surface area (TPSA) is 148 Å². The molecule has 2 rings (SSSR count). The summed E-state index contributed by atoms with van der Waals surface area (Å²) in [6, 6.07) is -0.110. The molecule has 0 aromatic heterocycles. The lowest BCUT2D eigenvalue weighted by molar-refractivity contribution is -0.155. The standard InChI is InChI=1S/C12H17N3O4S.H2O/c13-6-14-2-4-20-9-5-8-7(1-3-16)11(17)15(8)10(9)12(18)19;/h6-8,16H,1-5H2,(H2,13,14)(H,18,19);1H2/t7-,8+;/m0./s1. The summed E-state index contributed by atoms with van der Waals surface area (Å²) < 4.78 is 0. The van der Waals surface area contributed by atoms with E-state index in [0.717, 1.165) is 0 Å². The van der Waals surface area contributed by atoms with Crippen LogP contribution in [-0.4, -0.2) is 63.8 Å². The second kappa shape index (κ2) is 7.43. The number of aliphatic imine (C=N–C) groups is 1. The second-order valence-electron chi connectivity index (χ2n) is 4.58. The molecule has 0 unspecified atom stereocenters. The maximum Gasteiger partial charge on any atom is 0.353 e. The zero-order valence-electron chi connectivity index (χ0n) is 11.4. The zero-order chi connectivity index (χ0) is 14.7. The number of hydrogen-bond acceptors (Lipinski definition) is 5. The fourth-order valence-corrected chi connectivity index (χ4v) is 3.69. The molecule has 0 aliphatic carbocycles. The van der Waals surface area contributed by atoms with E-state index in [1.54, 1.807) is 0 Å². The summed E-state index contributed by atoms with van der Waals surface area (Å²) >= 11 is 1.40. The number of β-lactam (4-membered cyclic amide) rings is 1. The van der Waals surface area contributed by atoms with Gasteiger partial charge in [-0.15, -0.1) is 11.8 Å². The smallest absolute Gasteiger partial charge is 0.353 e. The Bertz CT molecular complexity index is 480. The SMILES string of the molecule is NC=NCCSC1=C(C(=O)O)N2C(=O)[C@@H](CCO)[C@H]2C1.O. The number of fused-ring (bicyclic) bond motifs is 1. The average Bonchev–Trinajstić information content (AvgIpc) is 2.76. The molecule has 0 radical (unpaired) electrons. The number of carboxylic acid groups (broad SMARTS) is 1. The first-order valence-electron chi connectivity index (χ1n) is 6.35. The van der Waals surface area contributed by atoms with E-state index >= 15 is 0 Å². The van der Waals surface area contributed by atoms with Crippen LogP contribution in [0.5, 0.6) is 0 Å². The Morgan fingerprint density at radius 3 is 2.86 bits per heavy atom. The molecular weight excluding hydrogens is 298 g/mol. The lowest BCUT2D eigenvalue weighted by Crippen LogP contribution is -2.58. The van der Waals surface area contributed by atoms with Gasteiger partial charge in [0.2, 0.25) is 5.91 Å². The summed E-state index contributed by atoms with van der Waals surface area (Å²) in [5, 5.41) is 18.2. The number of aliphatic hydroxyl groups is 1. The molecule has 1 saturated heterocycles. The number of amides is 1. The number of nitrogens with two attached hydrogens (primary N) is 1. The molecule has 118 valence electrons. The van der Waals surface area contributed by atoms with Crippen LogP contribution in [0, 0.1) is 5.92 Å². The highest BCUT2D eigenvalue weighted by molar-refractivity contribution is 8.03. The van der Waals surface area contributed by atoms with Crippen LogP contribution in [0.4, 0.5) is 0 Å². The van der Waals surface area contributed by atoms with Gasteiger partial charge in [0.1, 0.15) is 5.70 Å². The summed E-state index contributed by atoms with van der Waals surface area (Å²) in [5.41, 5.74) is 5.23. The summed E-state index contributed by atoms with van der Waals surface area (Å²) in [6.45, 7) is 0.451. The number of aliphatic hydroxyl groups excluding tert-OH is 1. The van der Waals surface area contributed by atoms with Crippen LogP contribution >= 0.6 is 11.8 Å². The highest BCUT2D eigenvalue weighted by Gasteiger charge is 2.54. The van der Waals surface area contributed by atoms with E-state index in [4.69, 9.17) is 10.8 Å². The van der Waals surface area contributed by atoms with E-state index in [1.165, 1.54) is 23.0 Å². The zero-order valence-corrected chi connectivity index (χ0v) is 12.2. The molecule has 2 aliphatic heterocycles. The normalized spacial score (nSPS) is 24.0. The van der Waals surface area contributed by atoms with Crippen molar-refractivity contribution in [1.82, 2.24) is 4.90 Å². The molecule has 1 amide bonds. The Hall–Kier alpha value is -1.58. The van der Waals surface area contributed by atoms with Crippen molar-refractivity contribution in [2.24, 2.45) is 16.6 Å². The highest BCUT2D eigenvalue weighted by Crippen LogP contribution is 2.46. The van der Waals surface area contributed by atoms with Crippen molar-refractivity contribution in [3.63, 3.8) is 0 Å². The number of nitrogens with zero attached hydrogens (tertiary/aromatic N) is 2.